The Morgan fingerprint density at radius 1 is 1.56 bits per heavy atom. The topological polar surface area (TPSA) is 64.3 Å². The average molecular weight is 228 g/mol. The fourth-order valence-corrected chi connectivity index (χ4v) is 2.23. The Labute approximate surface area is 97.9 Å². The molecule has 0 aromatic heterocycles. The Morgan fingerprint density at radius 2 is 2.25 bits per heavy atom. The predicted molar refractivity (Wildman–Crippen MR) is 64.0 cm³/mol. The van der Waals surface area contributed by atoms with Crippen LogP contribution in [-0.2, 0) is 9.53 Å². The van der Waals surface area contributed by atoms with Crippen molar-refractivity contribution in [2.45, 2.75) is 45.3 Å². The van der Waals surface area contributed by atoms with Crippen molar-refractivity contribution in [3.05, 3.63) is 0 Å². The molecule has 1 aliphatic rings. The van der Waals surface area contributed by atoms with Gasteiger partial charge < -0.3 is 15.8 Å². The molecule has 94 valence electrons. The van der Waals surface area contributed by atoms with Crippen LogP contribution in [0.25, 0.3) is 0 Å². The van der Waals surface area contributed by atoms with Crippen molar-refractivity contribution < 1.29 is 9.53 Å². The highest BCUT2D eigenvalue weighted by molar-refractivity contribution is 5.79. The standard InChI is InChI=1S/C12H24N2O2/c1-8(16-3)7-14-12(15)10-5-4-6-11(13)9(10)2/h8-11H,4-7,13H2,1-3H3,(H,14,15). The molecule has 4 heteroatoms. The molecule has 1 amide bonds. The number of ether oxygens (including phenoxy) is 1. The summed E-state index contributed by atoms with van der Waals surface area (Å²) in [4.78, 5) is 12.0. The number of carbonyl (C=O) groups is 1. The largest absolute Gasteiger partial charge is 0.380 e. The van der Waals surface area contributed by atoms with E-state index in [4.69, 9.17) is 10.5 Å². The third kappa shape index (κ3) is 3.46. The first-order valence-corrected chi connectivity index (χ1v) is 6.12. The molecule has 0 saturated heterocycles. The van der Waals surface area contributed by atoms with E-state index in [-0.39, 0.29) is 29.9 Å². The van der Waals surface area contributed by atoms with Crippen LogP contribution in [0.5, 0.6) is 0 Å². The molecule has 0 aromatic rings. The number of amides is 1. The summed E-state index contributed by atoms with van der Waals surface area (Å²) in [6, 6.07) is 0.171. The van der Waals surface area contributed by atoms with Gasteiger partial charge in [-0.05, 0) is 25.7 Å². The summed E-state index contributed by atoms with van der Waals surface area (Å²) < 4.78 is 5.10. The van der Waals surface area contributed by atoms with E-state index in [1.165, 1.54) is 0 Å². The molecule has 16 heavy (non-hydrogen) atoms. The van der Waals surface area contributed by atoms with E-state index in [0.29, 0.717) is 6.54 Å². The second kappa shape index (κ2) is 6.21. The molecule has 0 heterocycles. The molecular weight excluding hydrogens is 204 g/mol. The first-order chi connectivity index (χ1) is 7.56. The lowest BCUT2D eigenvalue weighted by atomic mass is 9.77. The van der Waals surface area contributed by atoms with E-state index in [0.717, 1.165) is 19.3 Å². The lowest BCUT2D eigenvalue weighted by Gasteiger charge is -2.33. The van der Waals surface area contributed by atoms with Gasteiger partial charge in [0.25, 0.3) is 0 Å². The van der Waals surface area contributed by atoms with Gasteiger partial charge in [0, 0.05) is 25.6 Å². The van der Waals surface area contributed by atoms with Crippen LogP contribution in [0.15, 0.2) is 0 Å². The van der Waals surface area contributed by atoms with Gasteiger partial charge >= 0.3 is 0 Å². The fourth-order valence-electron chi connectivity index (χ4n) is 2.23. The highest BCUT2D eigenvalue weighted by atomic mass is 16.5. The number of carbonyl (C=O) groups excluding carboxylic acids is 1. The van der Waals surface area contributed by atoms with Gasteiger partial charge in [-0.25, -0.2) is 0 Å². The minimum Gasteiger partial charge on any atom is -0.380 e. The smallest absolute Gasteiger partial charge is 0.223 e. The van der Waals surface area contributed by atoms with Crippen LogP contribution < -0.4 is 11.1 Å². The summed E-state index contributed by atoms with van der Waals surface area (Å²) in [6.07, 6.45) is 3.13. The van der Waals surface area contributed by atoms with Crippen LogP contribution in [0.2, 0.25) is 0 Å². The number of hydrogen-bond acceptors (Lipinski definition) is 3. The molecule has 0 radical (unpaired) electrons. The summed E-state index contributed by atoms with van der Waals surface area (Å²) in [5.41, 5.74) is 5.98. The number of nitrogens with two attached hydrogens (primary N) is 1. The fraction of sp³-hybridized carbons (Fsp3) is 0.917. The van der Waals surface area contributed by atoms with Crippen LogP contribution in [-0.4, -0.2) is 31.7 Å². The minimum atomic E-state index is 0.0662. The number of nitrogens with one attached hydrogen (secondary N) is 1. The molecule has 1 fully saturated rings. The molecule has 1 saturated carbocycles. The van der Waals surface area contributed by atoms with Gasteiger partial charge in [0.15, 0.2) is 0 Å². The molecule has 0 aliphatic heterocycles. The number of rotatable bonds is 4. The van der Waals surface area contributed by atoms with Crippen molar-refractivity contribution in [3.8, 4) is 0 Å². The zero-order chi connectivity index (χ0) is 12.1. The third-order valence-electron chi connectivity index (χ3n) is 3.67. The summed E-state index contributed by atoms with van der Waals surface area (Å²) in [7, 11) is 1.65. The van der Waals surface area contributed by atoms with Crippen LogP contribution >= 0.6 is 0 Å². The minimum absolute atomic E-state index is 0.0662. The lowest BCUT2D eigenvalue weighted by Crippen LogP contribution is -2.45. The van der Waals surface area contributed by atoms with Gasteiger partial charge in [-0.2, -0.15) is 0 Å². The van der Waals surface area contributed by atoms with Gasteiger partial charge in [-0.3, -0.25) is 4.79 Å². The van der Waals surface area contributed by atoms with Gasteiger partial charge in [0.05, 0.1) is 6.10 Å². The summed E-state index contributed by atoms with van der Waals surface area (Å²) in [6.45, 7) is 4.60. The number of hydrogen-bond donors (Lipinski definition) is 2. The average Bonchev–Trinajstić information content (AvgIpc) is 2.29. The van der Waals surface area contributed by atoms with E-state index in [9.17, 15) is 4.79 Å². The van der Waals surface area contributed by atoms with Crippen LogP contribution in [0.4, 0.5) is 0 Å². The molecule has 0 aromatic carbocycles. The van der Waals surface area contributed by atoms with Crippen LogP contribution in [0.1, 0.15) is 33.1 Å². The third-order valence-corrected chi connectivity index (χ3v) is 3.67. The van der Waals surface area contributed by atoms with Gasteiger partial charge in [0.1, 0.15) is 0 Å². The predicted octanol–water partition coefficient (Wildman–Crippen LogP) is 0.901. The van der Waals surface area contributed by atoms with Crippen molar-refractivity contribution in [1.29, 1.82) is 0 Å². The van der Waals surface area contributed by atoms with E-state index in [1.807, 2.05) is 6.92 Å². The molecule has 0 spiro atoms. The van der Waals surface area contributed by atoms with Crippen molar-refractivity contribution in [2.75, 3.05) is 13.7 Å². The molecule has 0 bridgehead atoms. The second-order valence-corrected chi connectivity index (χ2v) is 4.85. The van der Waals surface area contributed by atoms with Gasteiger partial charge in [0.2, 0.25) is 5.91 Å². The first-order valence-electron chi connectivity index (χ1n) is 6.12. The summed E-state index contributed by atoms with van der Waals surface area (Å²) in [5, 5.41) is 2.93. The number of methoxy groups -OCH3 is 1. The molecular formula is C12H24N2O2. The van der Waals surface area contributed by atoms with Gasteiger partial charge in [-0.1, -0.05) is 13.3 Å². The highest BCUT2D eigenvalue weighted by Crippen LogP contribution is 2.28. The van der Waals surface area contributed by atoms with E-state index >= 15 is 0 Å². The van der Waals surface area contributed by atoms with Crippen molar-refractivity contribution in [1.82, 2.24) is 5.32 Å². The summed E-state index contributed by atoms with van der Waals surface area (Å²) >= 11 is 0. The maximum Gasteiger partial charge on any atom is 0.223 e. The Kier molecular flexibility index (Phi) is 5.22. The Hall–Kier alpha value is -0.610. The molecule has 4 unspecified atom stereocenters. The van der Waals surface area contributed by atoms with Crippen LogP contribution in [0.3, 0.4) is 0 Å². The zero-order valence-electron chi connectivity index (χ0n) is 10.5. The Bertz CT molecular complexity index is 233. The summed E-state index contributed by atoms with van der Waals surface area (Å²) in [5.74, 6) is 0.492. The van der Waals surface area contributed by atoms with Crippen LogP contribution in [0, 0.1) is 11.8 Å². The van der Waals surface area contributed by atoms with Crippen molar-refractivity contribution >= 4 is 5.91 Å². The second-order valence-electron chi connectivity index (χ2n) is 4.85. The first kappa shape index (κ1) is 13.5. The molecule has 4 nitrogen and oxygen atoms in total. The molecule has 3 N–H and O–H groups in total. The molecule has 1 rings (SSSR count). The maximum atomic E-state index is 12.0. The zero-order valence-corrected chi connectivity index (χ0v) is 10.5. The maximum absolute atomic E-state index is 12.0. The quantitative estimate of drug-likeness (QED) is 0.751. The SMILES string of the molecule is COC(C)CNC(=O)C1CCCC(N)C1C. The van der Waals surface area contributed by atoms with Gasteiger partial charge in [-0.15, -0.1) is 0 Å². The van der Waals surface area contributed by atoms with E-state index in [2.05, 4.69) is 12.2 Å². The molecule has 4 atom stereocenters. The van der Waals surface area contributed by atoms with E-state index < -0.39 is 0 Å². The lowest BCUT2D eigenvalue weighted by molar-refractivity contribution is -0.128. The Morgan fingerprint density at radius 3 is 2.88 bits per heavy atom. The monoisotopic (exact) mass is 228 g/mol. The normalized spacial score (nSPS) is 32.1. The molecule has 1 aliphatic carbocycles. The van der Waals surface area contributed by atoms with E-state index in [1.54, 1.807) is 7.11 Å². The Balaban J connectivity index is 2.40. The highest BCUT2D eigenvalue weighted by Gasteiger charge is 2.32. The van der Waals surface area contributed by atoms with Crippen molar-refractivity contribution in [3.63, 3.8) is 0 Å². The van der Waals surface area contributed by atoms with Crippen molar-refractivity contribution in [2.24, 2.45) is 17.6 Å².